The number of aromatic nitrogens is 1. The molecule has 0 unspecified atom stereocenters. The smallest absolute Gasteiger partial charge is 0.323 e. The summed E-state index contributed by atoms with van der Waals surface area (Å²) >= 11 is 0. The second-order valence-corrected chi connectivity index (χ2v) is 7.10. The molecule has 0 radical (unpaired) electrons. The number of anilines is 3. The molecule has 1 heterocycles. The van der Waals surface area contributed by atoms with Crippen molar-refractivity contribution in [3.8, 4) is 0 Å². The third-order valence-electron chi connectivity index (χ3n) is 4.98. The van der Waals surface area contributed by atoms with Crippen LogP contribution >= 0.6 is 0 Å². The molecule has 3 rings (SSSR count). The van der Waals surface area contributed by atoms with Crippen LogP contribution < -0.4 is 15.5 Å². The van der Waals surface area contributed by atoms with Crippen LogP contribution in [0.3, 0.4) is 0 Å². The van der Waals surface area contributed by atoms with E-state index in [0.29, 0.717) is 0 Å². The van der Waals surface area contributed by atoms with Gasteiger partial charge in [-0.2, -0.15) is 0 Å². The van der Waals surface area contributed by atoms with E-state index in [-0.39, 0.29) is 6.03 Å². The van der Waals surface area contributed by atoms with E-state index in [1.165, 1.54) is 5.56 Å². The molecule has 0 aliphatic rings. The number of hydrogen-bond donors (Lipinski definition) is 2. The highest BCUT2D eigenvalue weighted by Crippen LogP contribution is 2.25. The largest absolute Gasteiger partial charge is 0.357 e. The molecule has 0 fully saturated rings. The number of nitrogens with one attached hydrogen (secondary N) is 2. The number of aryl methyl sites for hydroxylation is 3. The van der Waals surface area contributed by atoms with Gasteiger partial charge in [0.05, 0.1) is 5.52 Å². The van der Waals surface area contributed by atoms with Crippen LogP contribution in [0, 0.1) is 20.8 Å². The predicted molar refractivity (Wildman–Crippen MR) is 119 cm³/mol. The van der Waals surface area contributed by atoms with Crippen molar-refractivity contribution >= 4 is 34.1 Å². The molecule has 28 heavy (non-hydrogen) atoms. The molecule has 2 N–H and O–H groups in total. The van der Waals surface area contributed by atoms with Gasteiger partial charge < -0.3 is 15.5 Å². The highest BCUT2D eigenvalue weighted by Gasteiger charge is 2.10. The first-order valence-corrected chi connectivity index (χ1v) is 9.73. The number of carbonyl (C=O) groups is 1. The van der Waals surface area contributed by atoms with Gasteiger partial charge in [-0.05, 0) is 76.1 Å². The van der Waals surface area contributed by atoms with Crippen LogP contribution in [0.4, 0.5) is 22.0 Å². The molecule has 0 atom stereocenters. The normalized spacial score (nSPS) is 10.8. The van der Waals surface area contributed by atoms with Crippen molar-refractivity contribution in [3.05, 3.63) is 59.2 Å². The molecule has 0 bridgehead atoms. The first-order valence-electron chi connectivity index (χ1n) is 9.73. The Hall–Kier alpha value is -3.08. The number of nitrogens with zero attached hydrogens (tertiary/aromatic N) is 2. The Labute approximate surface area is 166 Å². The first kappa shape index (κ1) is 19.7. The fourth-order valence-corrected chi connectivity index (χ4v) is 3.40. The third-order valence-corrected chi connectivity index (χ3v) is 4.98. The Morgan fingerprint density at radius 1 is 0.929 bits per heavy atom. The Bertz CT molecular complexity index is 1010. The summed E-state index contributed by atoms with van der Waals surface area (Å²) in [5.41, 5.74) is 5.84. The average Bonchev–Trinajstić information content (AvgIpc) is 2.65. The van der Waals surface area contributed by atoms with Gasteiger partial charge in [0.1, 0.15) is 5.82 Å². The van der Waals surface area contributed by atoms with Crippen LogP contribution in [-0.2, 0) is 0 Å². The summed E-state index contributed by atoms with van der Waals surface area (Å²) in [5.74, 6) is 0.989. The lowest BCUT2D eigenvalue weighted by molar-refractivity contribution is 0.262. The number of hydrogen-bond acceptors (Lipinski definition) is 3. The molecule has 1 aromatic heterocycles. The van der Waals surface area contributed by atoms with Crippen molar-refractivity contribution in [2.75, 3.05) is 28.6 Å². The number of pyridine rings is 1. The lowest BCUT2D eigenvalue weighted by atomic mass is 10.1. The molecule has 0 aliphatic heterocycles. The van der Waals surface area contributed by atoms with Crippen molar-refractivity contribution in [2.45, 2.75) is 34.6 Å². The Balaban J connectivity index is 1.81. The van der Waals surface area contributed by atoms with Gasteiger partial charge in [-0.15, -0.1) is 0 Å². The summed E-state index contributed by atoms with van der Waals surface area (Å²) in [4.78, 5) is 19.4. The van der Waals surface area contributed by atoms with Crippen molar-refractivity contribution in [1.82, 2.24) is 4.98 Å². The van der Waals surface area contributed by atoms with Crippen LogP contribution in [0.2, 0.25) is 0 Å². The van der Waals surface area contributed by atoms with E-state index < -0.39 is 0 Å². The van der Waals surface area contributed by atoms with Gasteiger partial charge in [-0.25, -0.2) is 9.78 Å². The molecule has 0 aliphatic carbocycles. The van der Waals surface area contributed by atoms with E-state index in [9.17, 15) is 4.79 Å². The molecular formula is C23H28N4O. The monoisotopic (exact) mass is 376 g/mol. The van der Waals surface area contributed by atoms with E-state index in [4.69, 9.17) is 4.98 Å². The quantitative estimate of drug-likeness (QED) is 0.605. The standard InChI is InChI=1S/C23H28N4O/c1-6-27(7-2)22-13-16(4)19-14-18(9-11-21(19)25-22)24-23(28)26-20-10-8-15(3)12-17(20)5/h8-14H,6-7H2,1-5H3,(H2,24,26,28). The molecule has 2 amide bonds. The molecule has 3 aromatic rings. The maximum absolute atomic E-state index is 12.4. The van der Waals surface area contributed by atoms with Gasteiger partial charge in [0, 0.05) is 29.9 Å². The van der Waals surface area contributed by atoms with Crippen LogP contribution in [0.5, 0.6) is 0 Å². The lowest BCUT2D eigenvalue weighted by Crippen LogP contribution is -2.23. The minimum atomic E-state index is -0.253. The van der Waals surface area contributed by atoms with Gasteiger partial charge in [-0.1, -0.05) is 17.7 Å². The summed E-state index contributed by atoms with van der Waals surface area (Å²) in [7, 11) is 0. The Morgan fingerprint density at radius 3 is 2.36 bits per heavy atom. The topological polar surface area (TPSA) is 57.3 Å². The summed E-state index contributed by atoms with van der Waals surface area (Å²) in [6.45, 7) is 12.2. The zero-order chi connectivity index (χ0) is 20.3. The number of urea groups is 1. The zero-order valence-corrected chi connectivity index (χ0v) is 17.3. The molecule has 0 saturated heterocycles. The van der Waals surface area contributed by atoms with Gasteiger partial charge in [0.25, 0.3) is 0 Å². The number of benzene rings is 2. The molecule has 0 spiro atoms. The van der Waals surface area contributed by atoms with Gasteiger partial charge >= 0.3 is 6.03 Å². The van der Waals surface area contributed by atoms with Crippen LogP contribution in [0.1, 0.15) is 30.5 Å². The van der Waals surface area contributed by atoms with Gasteiger partial charge in [0.15, 0.2) is 0 Å². The summed E-state index contributed by atoms with van der Waals surface area (Å²) in [6.07, 6.45) is 0. The lowest BCUT2D eigenvalue weighted by Gasteiger charge is -2.21. The maximum Gasteiger partial charge on any atom is 0.323 e. The van der Waals surface area contributed by atoms with Crippen molar-refractivity contribution in [3.63, 3.8) is 0 Å². The average molecular weight is 377 g/mol. The first-order chi connectivity index (χ1) is 13.4. The summed E-state index contributed by atoms with van der Waals surface area (Å²) < 4.78 is 0. The number of fused-ring (bicyclic) bond motifs is 1. The van der Waals surface area contributed by atoms with Crippen molar-refractivity contribution in [2.24, 2.45) is 0 Å². The Morgan fingerprint density at radius 2 is 1.68 bits per heavy atom. The molecule has 146 valence electrons. The number of carbonyl (C=O) groups excluding carboxylic acids is 1. The minimum absolute atomic E-state index is 0.253. The van der Waals surface area contributed by atoms with Gasteiger partial charge in [-0.3, -0.25) is 0 Å². The van der Waals surface area contributed by atoms with E-state index in [0.717, 1.165) is 52.3 Å². The summed E-state index contributed by atoms with van der Waals surface area (Å²) in [5, 5.41) is 6.88. The zero-order valence-electron chi connectivity index (χ0n) is 17.3. The van der Waals surface area contributed by atoms with Crippen LogP contribution in [-0.4, -0.2) is 24.1 Å². The highest BCUT2D eigenvalue weighted by atomic mass is 16.2. The highest BCUT2D eigenvalue weighted by molar-refractivity contribution is 6.01. The van der Waals surface area contributed by atoms with E-state index >= 15 is 0 Å². The number of amides is 2. The fourth-order valence-electron chi connectivity index (χ4n) is 3.40. The van der Waals surface area contributed by atoms with Gasteiger partial charge in [0.2, 0.25) is 0 Å². The summed E-state index contributed by atoms with van der Waals surface area (Å²) in [6, 6.07) is 13.6. The van der Waals surface area contributed by atoms with Crippen LogP contribution in [0.25, 0.3) is 10.9 Å². The molecule has 2 aromatic carbocycles. The van der Waals surface area contributed by atoms with E-state index in [1.54, 1.807) is 0 Å². The number of rotatable bonds is 5. The maximum atomic E-state index is 12.4. The van der Waals surface area contributed by atoms with Crippen molar-refractivity contribution < 1.29 is 4.79 Å². The van der Waals surface area contributed by atoms with Crippen molar-refractivity contribution in [1.29, 1.82) is 0 Å². The van der Waals surface area contributed by atoms with E-state index in [2.05, 4.69) is 42.4 Å². The second kappa shape index (κ2) is 8.30. The SMILES string of the molecule is CCN(CC)c1cc(C)c2cc(NC(=O)Nc3ccc(C)cc3C)ccc2n1. The van der Waals surface area contributed by atoms with Crippen LogP contribution in [0.15, 0.2) is 42.5 Å². The molecule has 5 heteroatoms. The molecule has 0 saturated carbocycles. The molecular weight excluding hydrogens is 348 g/mol. The third kappa shape index (κ3) is 4.25. The minimum Gasteiger partial charge on any atom is -0.357 e. The van der Waals surface area contributed by atoms with E-state index in [1.807, 2.05) is 50.2 Å². The Kier molecular flexibility index (Phi) is 5.83. The fraction of sp³-hybridized carbons (Fsp3) is 0.304. The second-order valence-electron chi connectivity index (χ2n) is 7.10. The molecule has 5 nitrogen and oxygen atoms in total. The predicted octanol–water partition coefficient (Wildman–Crippen LogP) is 5.65.